The molecule has 1 aromatic heterocycles. The molecule has 0 radical (unpaired) electrons. The topological polar surface area (TPSA) is 33.1 Å². The normalized spacial score (nSPS) is 10.9. The molecule has 2 nitrogen and oxygen atoms in total. The van der Waals surface area contributed by atoms with Crippen LogP contribution in [0.5, 0.6) is 0 Å². The molecule has 1 heterocycles. The second-order valence-electron chi connectivity index (χ2n) is 2.26. The van der Waals surface area contributed by atoms with Crippen molar-refractivity contribution >= 4 is 27.5 Å². The Morgan fingerprint density at radius 1 is 1.62 bits per heavy atom. The number of hydrogen-bond donors (Lipinski definition) is 1. The first kappa shape index (κ1) is 10.8. The van der Waals surface area contributed by atoms with E-state index in [2.05, 4.69) is 20.9 Å². The van der Waals surface area contributed by atoms with Gasteiger partial charge in [0.15, 0.2) is 0 Å². The second-order valence-corrected chi connectivity index (χ2v) is 3.48. The summed E-state index contributed by atoms with van der Waals surface area (Å²) in [5.41, 5.74) is -0.0971. The third-order valence-electron chi connectivity index (χ3n) is 1.41. The number of alkyl halides is 2. The Kier molecular flexibility index (Phi) is 3.58. The van der Waals surface area contributed by atoms with Crippen molar-refractivity contribution in [3.63, 3.8) is 0 Å². The van der Waals surface area contributed by atoms with Crippen molar-refractivity contribution in [2.75, 3.05) is 0 Å². The Labute approximate surface area is 86.7 Å². The molecule has 0 atom stereocenters. The minimum absolute atomic E-state index is 0.0963. The maximum absolute atomic E-state index is 12.2. The molecule has 0 fully saturated rings. The number of pyridine rings is 1. The standard InChI is InChI=1S/C7H5BrClF2NO/c8-4-1-3(2-13)6(9)12-5(4)7(10)11/h1,7,13H,2H2. The number of halogens is 4. The molecule has 0 saturated carbocycles. The van der Waals surface area contributed by atoms with Gasteiger partial charge in [-0.1, -0.05) is 11.6 Å². The average Bonchev–Trinajstić information content (AvgIpc) is 2.07. The first-order valence-electron chi connectivity index (χ1n) is 3.30. The largest absolute Gasteiger partial charge is 0.392 e. The smallest absolute Gasteiger partial charge is 0.281 e. The summed E-state index contributed by atoms with van der Waals surface area (Å²) in [5, 5.41) is 8.64. The fraction of sp³-hybridized carbons (Fsp3) is 0.286. The summed E-state index contributed by atoms with van der Waals surface area (Å²) in [4.78, 5) is 3.45. The van der Waals surface area contributed by atoms with Crippen LogP contribution >= 0.6 is 27.5 Å². The summed E-state index contributed by atoms with van der Waals surface area (Å²) in [5.74, 6) is 0. The van der Waals surface area contributed by atoms with Gasteiger partial charge >= 0.3 is 0 Å². The molecule has 1 N–H and O–H groups in total. The third kappa shape index (κ3) is 2.36. The van der Waals surface area contributed by atoms with E-state index in [0.717, 1.165) is 0 Å². The lowest BCUT2D eigenvalue weighted by atomic mass is 10.2. The molecule has 1 rings (SSSR count). The Morgan fingerprint density at radius 2 is 2.23 bits per heavy atom. The monoisotopic (exact) mass is 271 g/mol. The van der Waals surface area contributed by atoms with Crippen molar-refractivity contribution in [2.45, 2.75) is 13.0 Å². The second kappa shape index (κ2) is 4.30. The molecule has 13 heavy (non-hydrogen) atoms. The molecule has 0 amide bonds. The minimum atomic E-state index is -2.68. The Hall–Kier alpha value is -0.260. The van der Waals surface area contributed by atoms with E-state index in [0.29, 0.717) is 5.56 Å². The fourth-order valence-electron chi connectivity index (χ4n) is 0.781. The van der Waals surface area contributed by atoms with Gasteiger partial charge in [-0.25, -0.2) is 13.8 Å². The van der Waals surface area contributed by atoms with Crippen molar-refractivity contribution in [1.29, 1.82) is 0 Å². The van der Waals surface area contributed by atoms with E-state index >= 15 is 0 Å². The zero-order valence-corrected chi connectivity index (χ0v) is 8.61. The van der Waals surface area contributed by atoms with Crippen LogP contribution in [0.3, 0.4) is 0 Å². The van der Waals surface area contributed by atoms with Gasteiger partial charge in [0.25, 0.3) is 6.43 Å². The minimum Gasteiger partial charge on any atom is -0.392 e. The zero-order chi connectivity index (χ0) is 10.0. The van der Waals surface area contributed by atoms with E-state index in [1.807, 2.05) is 0 Å². The first-order chi connectivity index (χ1) is 6.06. The maximum atomic E-state index is 12.2. The summed E-state index contributed by atoms with van der Waals surface area (Å²) in [6.07, 6.45) is -2.68. The van der Waals surface area contributed by atoms with Gasteiger partial charge in [-0.2, -0.15) is 0 Å². The summed E-state index contributed by atoms with van der Waals surface area (Å²) in [6.45, 7) is -0.325. The highest BCUT2D eigenvalue weighted by Gasteiger charge is 2.16. The maximum Gasteiger partial charge on any atom is 0.281 e. The van der Waals surface area contributed by atoms with Crippen molar-refractivity contribution < 1.29 is 13.9 Å². The van der Waals surface area contributed by atoms with Gasteiger partial charge in [-0.15, -0.1) is 0 Å². The average molecular weight is 272 g/mol. The zero-order valence-electron chi connectivity index (χ0n) is 6.27. The van der Waals surface area contributed by atoms with Crippen LogP contribution in [0, 0.1) is 0 Å². The van der Waals surface area contributed by atoms with Crippen LogP contribution in [0.1, 0.15) is 17.7 Å². The molecular formula is C7H5BrClF2NO. The SMILES string of the molecule is OCc1cc(Br)c(C(F)F)nc1Cl. The van der Waals surface area contributed by atoms with Crippen LogP contribution in [0.25, 0.3) is 0 Å². The van der Waals surface area contributed by atoms with Crippen LogP contribution in [-0.4, -0.2) is 10.1 Å². The van der Waals surface area contributed by atoms with Crippen LogP contribution in [0.2, 0.25) is 5.15 Å². The number of hydrogen-bond acceptors (Lipinski definition) is 2. The molecule has 0 unspecified atom stereocenters. The molecule has 1 aromatic rings. The number of nitrogens with zero attached hydrogens (tertiary/aromatic N) is 1. The summed E-state index contributed by atoms with van der Waals surface area (Å²) >= 11 is 8.43. The predicted octanol–water partition coefficient (Wildman–Crippen LogP) is 2.93. The van der Waals surface area contributed by atoms with E-state index in [1.54, 1.807) is 0 Å². The van der Waals surface area contributed by atoms with Crippen molar-refractivity contribution in [1.82, 2.24) is 4.98 Å². The molecule has 0 aromatic carbocycles. The lowest BCUT2D eigenvalue weighted by Gasteiger charge is -2.05. The highest BCUT2D eigenvalue weighted by molar-refractivity contribution is 9.10. The Morgan fingerprint density at radius 3 is 2.69 bits per heavy atom. The quantitative estimate of drug-likeness (QED) is 0.840. The van der Waals surface area contributed by atoms with Crippen molar-refractivity contribution in [2.24, 2.45) is 0 Å². The molecule has 0 aliphatic rings. The number of rotatable bonds is 2. The van der Waals surface area contributed by atoms with Gasteiger partial charge in [0.05, 0.1) is 6.61 Å². The number of aliphatic hydroxyl groups is 1. The highest BCUT2D eigenvalue weighted by atomic mass is 79.9. The van der Waals surface area contributed by atoms with Crippen LogP contribution in [0.4, 0.5) is 8.78 Å². The molecule has 0 aliphatic heterocycles. The third-order valence-corrected chi connectivity index (χ3v) is 2.37. The van der Waals surface area contributed by atoms with Gasteiger partial charge in [-0.05, 0) is 22.0 Å². The van der Waals surface area contributed by atoms with Gasteiger partial charge in [0, 0.05) is 10.0 Å². The van der Waals surface area contributed by atoms with Crippen molar-refractivity contribution in [3.05, 3.63) is 26.9 Å². The molecular weight excluding hydrogens is 267 g/mol. The van der Waals surface area contributed by atoms with Gasteiger partial charge in [-0.3, -0.25) is 0 Å². The van der Waals surface area contributed by atoms with E-state index in [9.17, 15) is 8.78 Å². The van der Waals surface area contributed by atoms with Crippen LogP contribution < -0.4 is 0 Å². The summed E-state index contributed by atoms with van der Waals surface area (Å²) in [7, 11) is 0. The van der Waals surface area contributed by atoms with E-state index in [1.165, 1.54) is 6.07 Å². The van der Waals surface area contributed by atoms with Gasteiger partial charge in [0.1, 0.15) is 10.8 Å². The Balaban J connectivity index is 3.20. The molecule has 0 saturated heterocycles. The van der Waals surface area contributed by atoms with E-state index in [-0.39, 0.29) is 16.2 Å². The fourth-order valence-corrected chi connectivity index (χ4v) is 1.52. The van der Waals surface area contributed by atoms with Crippen LogP contribution in [-0.2, 0) is 6.61 Å². The molecule has 6 heteroatoms. The Bertz CT molecular complexity index is 322. The number of aromatic nitrogens is 1. The van der Waals surface area contributed by atoms with E-state index < -0.39 is 12.1 Å². The van der Waals surface area contributed by atoms with E-state index in [4.69, 9.17) is 16.7 Å². The van der Waals surface area contributed by atoms with Crippen molar-refractivity contribution in [3.8, 4) is 0 Å². The predicted molar refractivity (Wildman–Crippen MR) is 47.8 cm³/mol. The lowest BCUT2D eigenvalue weighted by molar-refractivity contribution is 0.145. The highest BCUT2D eigenvalue weighted by Crippen LogP contribution is 2.29. The summed E-state index contributed by atoms with van der Waals surface area (Å²) in [6, 6.07) is 1.33. The van der Waals surface area contributed by atoms with Gasteiger partial charge in [0.2, 0.25) is 0 Å². The molecule has 72 valence electrons. The number of aliphatic hydroxyl groups excluding tert-OH is 1. The van der Waals surface area contributed by atoms with Gasteiger partial charge < -0.3 is 5.11 Å². The van der Waals surface area contributed by atoms with Crippen LogP contribution in [0.15, 0.2) is 10.5 Å². The molecule has 0 bridgehead atoms. The molecule has 0 aliphatic carbocycles. The lowest BCUT2D eigenvalue weighted by Crippen LogP contribution is -1.96. The summed E-state index contributed by atoms with van der Waals surface area (Å²) < 4.78 is 24.6. The molecule has 0 spiro atoms. The first-order valence-corrected chi connectivity index (χ1v) is 4.47.